The molecule has 0 aromatic carbocycles. The van der Waals surface area contributed by atoms with Crippen LogP contribution in [0.5, 0.6) is 0 Å². The number of hydrogen-bond donors (Lipinski definition) is 1. The molecule has 1 aromatic heterocycles. The Bertz CT molecular complexity index is 436. The van der Waals surface area contributed by atoms with Gasteiger partial charge in [0.1, 0.15) is 0 Å². The van der Waals surface area contributed by atoms with E-state index in [1.54, 1.807) is 0 Å². The Labute approximate surface area is 120 Å². The van der Waals surface area contributed by atoms with Crippen molar-refractivity contribution in [3.63, 3.8) is 0 Å². The number of carboxylic acid groups (broad SMARTS) is 1. The zero-order valence-corrected chi connectivity index (χ0v) is 12.3. The van der Waals surface area contributed by atoms with Crippen LogP contribution in [0, 0.1) is 0 Å². The normalized spacial score (nSPS) is 17.8. The molecular formula is C14H24N4O2. The third kappa shape index (κ3) is 4.31. The first-order valence-electron chi connectivity index (χ1n) is 7.24. The van der Waals surface area contributed by atoms with E-state index in [-0.39, 0.29) is 6.42 Å². The molecule has 6 nitrogen and oxygen atoms in total. The molecule has 2 heterocycles. The minimum atomic E-state index is -0.714. The number of carboxylic acids is 1. The van der Waals surface area contributed by atoms with Crippen LogP contribution in [0.3, 0.4) is 0 Å². The van der Waals surface area contributed by atoms with Crippen molar-refractivity contribution in [3.8, 4) is 0 Å². The highest BCUT2D eigenvalue weighted by Gasteiger charge is 2.17. The Balaban J connectivity index is 1.74. The van der Waals surface area contributed by atoms with Gasteiger partial charge in [-0.2, -0.15) is 5.10 Å². The molecule has 1 aliphatic rings. The second kappa shape index (κ2) is 6.85. The Morgan fingerprint density at radius 2 is 1.95 bits per heavy atom. The fraction of sp³-hybridized carbons (Fsp3) is 0.714. The summed E-state index contributed by atoms with van der Waals surface area (Å²) < 4.78 is 1.98. The van der Waals surface area contributed by atoms with Crippen LogP contribution < -0.4 is 0 Å². The van der Waals surface area contributed by atoms with Gasteiger partial charge in [-0.25, -0.2) is 0 Å². The lowest BCUT2D eigenvalue weighted by Gasteiger charge is -2.34. The van der Waals surface area contributed by atoms with E-state index in [2.05, 4.69) is 34.9 Å². The van der Waals surface area contributed by atoms with Crippen LogP contribution in [0.15, 0.2) is 12.4 Å². The molecule has 1 aromatic rings. The minimum absolute atomic E-state index is 0.237. The van der Waals surface area contributed by atoms with Crippen LogP contribution in [0.4, 0.5) is 0 Å². The molecule has 0 saturated carbocycles. The molecule has 112 valence electrons. The fourth-order valence-corrected chi connectivity index (χ4v) is 2.42. The number of aromatic nitrogens is 2. The van der Waals surface area contributed by atoms with Gasteiger partial charge < -0.3 is 10.0 Å². The molecule has 20 heavy (non-hydrogen) atoms. The average molecular weight is 280 g/mol. The van der Waals surface area contributed by atoms with E-state index < -0.39 is 5.97 Å². The largest absolute Gasteiger partial charge is 0.481 e. The summed E-state index contributed by atoms with van der Waals surface area (Å²) in [7, 11) is 0. The molecule has 6 heteroatoms. The quantitative estimate of drug-likeness (QED) is 0.844. The Morgan fingerprint density at radius 3 is 2.50 bits per heavy atom. The number of nitrogens with zero attached hydrogens (tertiary/aromatic N) is 4. The lowest BCUT2D eigenvalue weighted by Crippen LogP contribution is -2.46. The predicted octanol–water partition coefficient (Wildman–Crippen LogP) is 1.06. The topological polar surface area (TPSA) is 61.6 Å². The summed E-state index contributed by atoms with van der Waals surface area (Å²) in [5.74, 6) is -0.714. The molecule has 1 saturated heterocycles. The molecule has 0 spiro atoms. The molecule has 1 N–H and O–H groups in total. The highest BCUT2D eigenvalue weighted by atomic mass is 16.4. The van der Waals surface area contributed by atoms with Crippen LogP contribution in [-0.4, -0.2) is 63.4 Å². The zero-order chi connectivity index (χ0) is 14.5. The predicted molar refractivity (Wildman–Crippen MR) is 76.6 cm³/mol. The van der Waals surface area contributed by atoms with Gasteiger partial charge in [0.15, 0.2) is 0 Å². The van der Waals surface area contributed by atoms with Crippen molar-refractivity contribution in [3.05, 3.63) is 18.0 Å². The van der Waals surface area contributed by atoms with Gasteiger partial charge in [0.2, 0.25) is 0 Å². The second-order valence-corrected chi connectivity index (χ2v) is 5.68. The summed E-state index contributed by atoms with van der Waals surface area (Å²) in [4.78, 5) is 15.2. The van der Waals surface area contributed by atoms with Crippen LogP contribution in [-0.2, 0) is 11.3 Å². The SMILES string of the molecule is CC(C)n1cc(CN2CCN(CCC(=O)O)CC2)cn1. The number of piperazine rings is 1. The van der Waals surface area contributed by atoms with Gasteiger partial charge in [-0.15, -0.1) is 0 Å². The molecule has 0 aliphatic carbocycles. The monoisotopic (exact) mass is 280 g/mol. The van der Waals surface area contributed by atoms with Crippen molar-refractivity contribution in [2.45, 2.75) is 32.9 Å². The maximum atomic E-state index is 10.6. The van der Waals surface area contributed by atoms with Gasteiger partial charge in [0.05, 0.1) is 12.6 Å². The molecule has 0 bridgehead atoms. The van der Waals surface area contributed by atoms with Gasteiger partial charge in [0, 0.05) is 57.1 Å². The first-order valence-corrected chi connectivity index (χ1v) is 7.24. The van der Waals surface area contributed by atoms with Crippen LogP contribution in [0.2, 0.25) is 0 Å². The van der Waals surface area contributed by atoms with E-state index in [4.69, 9.17) is 5.11 Å². The first-order chi connectivity index (χ1) is 9.54. The molecule has 1 aliphatic heterocycles. The highest BCUT2D eigenvalue weighted by molar-refractivity contribution is 5.66. The summed E-state index contributed by atoms with van der Waals surface area (Å²) in [5.41, 5.74) is 1.25. The number of rotatable bonds is 6. The van der Waals surface area contributed by atoms with E-state index in [0.717, 1.165) is 32.7 Å². The smallest absolute Gasteiger partial charge is 0.304 e. The molecule has 0 amide bonds. The summed E-state index contributed by atoms with van der Waals surface area (Å²) >= 11 is 0. The van der Waals surface area contributed by atoms with Crippen molar-refractivity contribution in [1.82, 2.24) is 19.6 Å². The molecule has 2 rings (SSSR count). The lowest BCUT2D eigenvalue weighted by atomic mass is 10.2. The van der Waals surface area contributed by atoms with E-state index >= 15 is 0 Å². The van der Waals surface area contributed by atoms with Gasteiger partial charge in [-0.3, -0.25) is 14.4 Å². The molecule has 0 radical (unpaired) electrons. The standard InChI is InChI=1S/C14H24N4O2/c1-12(2)18-11-13(9-15-18)10-17-7-5-16(6-8-17)4-3-14(19)20/h9,11-12H,3-8,10H2,1-2H3,(H,19,20). The van der Waals surface area contributed by atoms with E-state index in [1.165, 1.54) is 5.56 Å². The lowest BCUT2D eigenvalue weighted by molar-refractivity contribution is -0.137. The minimum Gasteiger partial charge on any atom is -0.481 e. The molecule has 0 atom stereocenters. The summed E-state index contributed by atoms with van der Waals surface area (Å²) in [6, 6.07) is 0.400. The average Bonchev–Trinajstić information content (AvgIpc) is 2.86. The van der Waals surface area contributed by atoms with Crippen LogP contribution in [0.1, 0.15) is 31.9 Å². The second-order valence-electron chi connectivity index (χ2n) is 5.68. The summed E-state index contributed by atoms with van der Waals surface area (Å²) in [5, 5.41) is 13.1. The van der Waals surface area contributed by atoms with Gasteiger partial charge >= 0.3 is 5.97 Å². The van der Waals surface area contributed by atoms with Crippen LogP contribution >= 0.6 is 0 Å². The van der Waals surface area contributed by atoms with E-state index in [1.807, 2.05) is 10.9 Å². The van der Waals surface area contributed by atoms with Crippen molar-refractivity contribution < 1.29 is 9.90 Å². The maximum absolute atomic E-state index is 10.6. The van der Waals surface area contributed by atoms with Gasteiger partial charge in [-0.05, 0) is 13.8 Å². The fourth-order valence-electron chi connectivity index (χ4n) is 2.42. The number of aliphatic carboxylic acids is 1. The van der Waals surface area contributed by atoms with Crippen molar-refractivity contribution >= 4 is 5.97 Å². The first kappa shape index (κ1) is 15.0. The third-order valence-corrected chi connectivity index (χ3v) is 3.70. The summed E-state index contributed by atoms with van der Waals surface area (Å²) in [6.07, 6.45) is 4.29. The van der Waals surface area contributed by atoms with Crippen molar-refractivity contribution in [2.75, 3.05) is 32.7 Å². The summed E-state index contributed by atoms with van der Waals surface area (Å²) in [6.45, 7) is 9.72. The Morgan fingerprint density at radius 1 is 1.30 bits per heavy atom. The number of hydrogen-bond acceptors (Lipinski definition) is 4. The van der Waals surface area contributed by atoms with Crippen molar-refractivity contribution in [2.24, 2.45) is 0 Å². The Kier molecular flexibility index (Phi) is 5.14. The molecule has 0 unspecified atom stereocenters. The Hall–Kier alpha value is -1.40. The highest BCUT2D eigenvalue weighted by Crippen LogP contribution is 2.10. The van der Waals surface area contributed by atoms with Crippen molar-refractivity contribution in [1.29, 1.82) is 0 Å². The maximum Gasteiger partial charge on any atom is 0.304 e. The van der Waals surface area contributed by atoms with E-state index in [0.29, 0.717) is 12.6 Å². The molecular weight excluding hydrogens is 256 g/mol. The van der Waals surface area contributed by atoms with Gasteiger partial charge in [0.25, 0.3) is 0 Å². The van der Waals surface area contributed by atoms with Crippen LogP contribution in [0.25, 0.3) is 0 Å². The third-order valence-electron chi connectivity index (χ3n) is 3.70. The van der Waals surface area contributed by atoms with E-state index in [9.17, 15) is 4.79 Å². The zero-order valence-electron chi connectivity index (χ0n) is 12.3. The number of carbonyl (C=O) groups is 1. The molecule has 1 fully saturated rings. The van der Waals surface area contributed by atoms with Gasteiger partial charge in [-0.1, -0.05) is 0 Å².